The molecule has 4 rings (SSSR count). The van der Waals surface area contributed by atoms with E-state index in [0.717, 1.165) is 11.2 Å². The molecule has 0 saturated carbocycles. The van der Waals surface area contributed by atoms with Crippen LogP contribution in [0.4, 0.5) is 10.1 Å². The van der Waals surface area contributed by atoms with Crippen LogP contribution in [0.25, 0.3) is 10.9 Å². The summed E-state index contributed by atoms with van der Waals surface area (Å²) in [6.07, 6.45) is 1.62. The molecule has 2 aromatic carbocycles. The van der Waals surface area contributed by atoms with Gasteiger partial charge in [0.1, 0.15) is 11.4 Å². The summed E-state index contributed by atoms with van der Waals surface area (Å²) >= 11 is 0. The Morgan fingerprint density at radius 3 is 2.33 bits per heavy atom. The minimum absolute atomic E-state index is 0.200. The van der Waals surface area contributed by atoms with Crippen LogP contribution in [0.2, 0.25) is 0 Å². The number of aryl methyl sites for hydroxylation is 1. The molecule has 1 aliphatic heterocycles. The molecule has 0 spiro atoms. The van der Waals surface area contributed by atoms with Gasteiger partial charge in [0.15, 0.2) is 0 Å². The second-order valence-electron chi connectivity index (χ2n) is 6.76. The number of hydrogen-bond acceptors (Lipinski definition) is 3. The van der Waals surface area contributed by atoms with Crippen LogP contribution in [0.15, 0.2) is 59.5 Å². The molecule has 1 aromatic heterocycles. The van der Waals surface area contributed by atoms with Crippen LogP contribution in [-0.2, 0) is 7.05 Å². The normalized spacial score (nSPS) is 14.6. The zero-order valence-corrected chi connectivity index (χ0v) is 15.1. The number of anilines is 1. The molecule has 0 bridgehead atoms. The van der Waals surface area contributed by atoms with E-state index in [-0.39, 0.29) is 22.7 Å². The zero-order valence-electron chi connectivity index (χ0n) is 15.1. The van der Waals surface area contributed by atoms with Crippen LogP contribution in [0, 0.1) is 5.82 Å². The Labute approximate surface area is 156 Å². The fraction of sp³-hybridized carbons (Fsp3) is 0.238. The van der Waals surface area contributed by atoms with Crippen molar-refractivity contribution in [3.63, 3.8) is 0 Å². The number of piperazine rings is 1. The van der Waals surface area contributed by atoms with Crippen molar-refractivity contribution >= 4 is 22.5 Å². The summed E-state index contributed by atoms with van der Waals surface area (Å²) in [6.45, 7) is 2.33. The maximum absolute atomic E-state index is 13.1. The lowest BCUT2D eigenvalue weighted by molar-refractivity contribution is 0.0745. The molecule has 0 N–H and O–H groups in total. The average molecular weight is 365 g/mol. The van der Waals surface area contributed by atoms with Gasteiger partial charge in [0.05, 0.1) is 5.52 Å². The van der Waals surface area contributed by atoms with Crippen molar-refractivity contribution in [3.8, 4) is 0 Å². The van der Waals surface area contributed by atoms with Gasteiger partial charge in [-0.25, -0.2) is 4.39 Å². The lowest BCUT2D eigenvalue weighted by Gasteiger charge is -2.36. The minimum Gasteiger partial charge on any atom is -0.368 e. The molecular weight excluding hydrogens is 345 g/mol. The number of benzene rings is 2. The minimum atomic E-state index is -0.264. The van der Waals surface area contributed by atoms with Gasteiger partial charge in [-0.05, 0) is 36.4 Å². The summed E-state index contributed by atoms with van der Waals surface area (Å²) in [7, 11) is 1.84. The lowest BCUT2D eigenvalue weighted by Crippen LogP contribution is -2.49. The van der Waals surface area contributed by atoms with Gasteiger partial charge in [-0.1, -0.05) is 12.1 Å². The molecule has 5 nitrogen and oxygen atoms in total. The van der Waals surface area contributed by atoms with E-state index < -0.39 is 0 Å². The number of halogens is 1. The summed E-state index contributed by atoms with van der Waals surface area (Å²) in [4.78, 5) is 29.6. The van der Waals surface area contributed by atoms with Gasteiger partial charge in [0, 0.05) is 50.5 Å². The summed E-state index contributed by atoms with van der Waals surface area (Å²) in [5.41, 5.74) is 1.71. The fourth-order valence-electron chi connectivity index (χ4n) is 3.58. The monoisotopic (exact) mass is 365 g/mol. The van der Waals surface area contributed by atoms with E-state index in [9.17, 15) is 14.0 Å². The number of aromatic nitrogens is 1. The lowest BCUT2D eigenvalue weighted by atomic mass is 10.1. The molecule has 1 aliphatic rings. The van der Waals surface area contributed by atoms with Crippen molar-refractivity contribution in [2.24, 2.45) is 7.05 Å². The molecule has 6 heteroatoms. The number of para-hydroxylation sites is 1. The number of pyridine rings is 1. The quantitative estimate of drug-likeness (QED) is 0.701. The first-order valence-electron chi connectivity index (χ1n) is 8.93. The Morgan fingerprint density at radius 1 is 0.963 bits per heavy atom. The molecule has 27 heavy (non-hydrogen) atoms. The van der Waals surface area contributed by atoms with Crippen LogP contribution >= 0.6 is 0 Å². The Bertz CT molecular complexity index is 1050. The van der Waals surface area contributed by atoms with Gasteiger partial charge in [0.2, 0.25) is 5.43 Å². The van der Waals surface area contributed by atoms with Crippen molar-refractivity contribution in [2.45, 2.75) is 0 Å². The number of carbonyl (C=O) groups is 1. The van der Waals surface area contributed by atoms with Gasteiger partial charge in [-0.3, -0.25) is 9.59 Å². The van der Waals surface area contributed by atoms with Crippen molar-refractivity contribution in [1.82, 2.24) is 9.47 Å². The number of rotatable bonds is 2. The third-order valence-corrected chi connectivity index (χ3v) is 5.09. The van der Waals surface area contributed by atoms with E-state index in [1.165, 1.54) is 12.1 Å². The van der Waals surface area contributed by atoms with Crippen LogP contribution < -0.4 is 10.3 Å². The molecule has 0 radical (unpaired) electrons. The van der Waals surface area contributed by atoms with Crippen molar-refractivity contribution in [3.05, 3.63) is 76.3 Å². The van der Waals surface area contributed by atoms with E-state index in [0.29, 0.717) is 31.6 Å². The van der Waals surface area contributed by atoms with Crippen LogP contribution in [0.1, 0.15) is 10.4 Å². The van der Waals surface area contributed by atoms with Crippen molar-refractivity contribution < 1.29 is 9.18 Å². The van der Waals surface area contributed by atoms with E-state index in [1.54, 1.807) is 35.4 Å². The van der Waals surface area contributed by atoms with Gasteiger partial charge < -0.3 is 14.4 Å². The fourth-order valence-corrected chi connectivity index (χ4v) is 3.58. The summed E-state index contributed by atoms with van der Waals surface area (Å²) < 4.78 is 14.9. The second-order valence-corrected chi connectivity index (χ2v) is 6.76. The number of fused-ring (bicyclic) bond motifs is 1. The number of nitrogens with zero attached hydrogens (tertiary/aromatic N) is 3. The van der Waals surface area contributed by atoms with E-state index in [4.69, 9.17) is 0 Å². The van der Waals surface area contributed by atoms with Gasteiger partial charge in [-0.15, -0.1) is 0 Å². The van der Waals surface area contributed by atoms with Crippen LogP contribution in [0.5, 0.6) is 0 Å². The molecular formula is C21H20FN3O2. The summed E-state index contributed by atoms with van der Waals surface area (Å²) in [6, 6.07) is 13.7. The standard InChI is InChI=1S/C21H20FN3O2/c1-23-14-18(20(26)17-4-2-3-5-19(17)23)21(27)25-12-10-24(11-13-25)16-8-6-15(22)7-9-16/h2-9,14H,10-13H2,1H3. The van der Waals surface area contributed by atoms with Crippen molar-refractivity contribution in [2.75, 3.05) is 31.1 Å². The third kappa shape index (κ3) is 3.18. The highest BCUT2D eigenvalue weighted by Gasteiger charge is 2.25. The molecule has 1 amide bonds. The molecule has 3 aromatic rings. The predicted octanol–water partition coefficient (Wildman–Crippen LogP) is 2.64. The predicted molar refractivity (Wildman–Crippen MR) is 104 cm³/mol. The van der Waals surface area contributed by atoms with Crippen LogP contribution in [0.3, 0.4) is 0 Å². The molecule has 1 saturated heterocycles. The topological polar surface area (TPSA) is 45.6 Å². The molecule has 0 atom stereocenters. The summed E-state index contributed by atoms with van der Waals surface area (Å²) in [5.74, 6) is -0.500. The molecule has 0 unspecified atom stereocenters. The zero-order chi connectivity index (χ0) is 19.0. The first kappa shape index (κ1) is 17.3. The maximum Gasteiger partial charge on any atom is 0.259 e. The van der Waals surface area contributed by atoms with E-state index in [2.05, 4.69) is 4.90 Å². The highest BCUT2D eigenvalue weighted by Crippen LogP contribution is 2.18. The first-order valence-corrected chi connectivity index (χ1v) is 8.93. The molecule has 2 heterocycles. The number of amides is 1. The largest absolute Gasteiger partial charge is 0.368 e. The Balaban J connectivity index is 1.55. The Hall–Kier alpha value is -3.15. The highest BCUT2D eigenvalue weighted by molar-refractivity contribution is 5.97. The van der Waals surface area contributed by atoms with Gasteiger partial charge in [-0.2, -0.15) is 0 Å². The SMILES string of the molecule is Cn1cc(C(=O)N2CCN(c3ccc(F)cc3)CC2)c(=O)c2ccccc21. The first-order chi connectivity index (χ1) is 13.0. The summed E-state index contributed by atoms with van der Waals surface area (Å²) in [5, 5.41) is 0.552. The molecule has 138 valence electrons. The smallest absolute Gasteiger partial charge is 0.259 e. The molecule has 0 aliphatic carbocycles. The van der Waals surface area contributed by atoms with Crippen LogP contribution in [-0.4, -0.2) is 41.6 Å². The highest BCUT2D eigenvalue weighted by atomic mass is 19.1. The molecule has 1 fully saturated rings. The van der Waals surface area contributed by atoms with E-state index >= 15 is 0 Å². The van der Waals surface area contributed by atoms with Crippen molar-refractivity contribution in [1.29, 1.82) is 0 Å². The van der Waals surface area contributed by atoms with Gasteiger partial charge in [0.25, 0.3) is 5.91 Å². The number of carbonyl (C=O) groups excluding carboxylic acids is 1. The van der Waals surface area contributed by atoms with Gasteiger partial charge >= 0.3 is 0 Å². The maximum atomic E-state index is 13.1. The Morgan fingerprint density at radius 2 is 1.63 bits per heavy atom. The van der Waals surface area contributed by atoms with E-state index in [1.807, 2.05) is 23.7 Å². The third-order valence-electron chi connectivity index (χ3n) is 5.09. The Kier molecular flexibility index (Phi) is 4.39. The number of hydrogen-bond donors (Lipinski definition) is 0. The average Bonchev–Trinajstić information content (AvgIpc) is 2.71. The second kappa shape index (κ2) is 6.87.